The maximum absolute atomic E-state index is 11.9. The molecule has 2 rings (SSSR count). The Hall–Kier alpha value is -1.39. The zero-order valence-corrected chi connectivity index (χ0v) is 10.8. The van der Waals surface area contributed by atoms with Gasteiger partial charge in [0.05, 0.1) is 6.54 Å². The summed E-state index contributed by atoms with van der Waals surface area (Å²) in [4.78, 5) is 16.0. The van der Waals surface area contributed by atoms with E-state index in [-0.39, 0.29) is 5.91 Å². The smallest absolute Gasteiger partial charge is 0.251 e. The van der Waals surface area contributed by atoms with Crippen molar-refractivity contribution in [1.29, 1.82) is 0 Å². The van der Waals surface area contributed by atoms with Crippen LogP contribution in [0.5, 0.6) is 0 Å². The number of carbonyl (C=O) groups excluding carboxylic acids is 1. The largest absolute Gasteiger partial charge is 0.346 e. The summed E-state index contributed by atoms with van der Waals surface area (Å²) in [6.45, 7) is 2.32. The number of hydrogen-bond donors (Lipinski definition) is 1. The highest BCUT2D eigenvalue weighted by Gasteiger charge is 2.09. The molecule has 1 aromatic heterocycles. The second-order valence-electron chi connectivity index (χ2n) is 3.57. The summed E-state index contributed by atoms with van der Waals surface area (Å²) in [6, 6.07) is 5.22. The fourth-order valence-corrected chi connectivity index (χ4v) is 2.26. The van der Waals surface area contributed by atoms with Crippen molar-refractivity contribution in [2.45, 2.75) is 13.5 Å². The first kappa shape index (κ1) is 12.1. The van der Waals surface area contributed by atoms with Crippen LogP contribution in [0, 0.1) is 6.92 Å². The van der Waals surface area contributed by atoms with Crippen molar-refractivity contribution >= 4 is 28.8 Å². The van der Waals surface area contributed by atoms with Gasteiger partial charge in [0.25, 0.3) is 5.91 Å². The molecule has 5 heteroatoms. The minimum absolute atomic E-state index is 0.102. The van der Waals surface area contributed by atoms with Gasteiger partial charge < -0.3 is 5.32 Å². The summed E-state index contributed by atoms with van der Waals surface area (Å²) >= 11 is 7.36. The van der Waals surface area contributed by atoms with E-state index in [0.29, 0.717) is 17.1 Å². The molecule has 0 unspecified atom stereocenters. The zero-order chi connectivity index (χ0) is 12.3. The Balaban J connectivity index is 2.04. The Morgan fingerprint density at radius 1 is 1.53 bits per heavy atom. The second-order valence-corrected chi connectivity index (χ2v) is 4.98. The molecule has 0 aliphatic heterocycles. The molecule has 17 heavy (non-hydrogen) atoms. The van der Waals surface area contributed by atoms with Gasteiger partial charge in [-0.1, -0.05) is 11.6 Å². The third kappa shape index (κ3) is 3.05. The van der Waals surface area contributed by atoms with Crippen molar-refractivity contribution in [2.24, 2.45) is 0 Å². The lowest BCUT2D eigenvalue weighted by atomic mass is 10.1. The van der Waals surface area contributed by atoms with Crippen LogP contribution in [0.4, 0.5) is 0 Å². The minimum atomic E-state index is -0.102. The van der Waals surface area contributed by atoms with Crippen LogP contribution in [0.2, 0.25) is 5.02 Å². The van der Waals surface area contributed by atoms with Crippen molar-refractivity contribution in [3.63, 3.8) is 0 Å². The lowest BCUT2D eigenvalue weighted by molar-refractivity contribution is 0.0950. The standard InChI is InChI=1S/C12H11ClN2OS/c1-8-6-9(13)2-3-10(8)12(16)15-7-11-14-4-5-17-11/h2-6H,7H2,1H3,(H,15,16). The Morgan fingerprint density at radius 3 is 3.00 bits per heavy atom. The first-order valence-corrected chi connectivity index (χ1v) is 6.35. The normalized spacial score (nSPS) is 10.2. The van der Waals surface area contributed by atoms with E-state index in [1.165, 1.54) is 11.3 Å². The predicted octanol–water partition coefficient (Wildman–Crippen LogP) is 3.03. The first-order chi connectivity index (χ1) is 8.16. The third-order valence-electron chi connectivity index (χ3n) is 2.32. The molecule has 0 aliphatic carbocycles. The molecule has 0 saturated carbocycles. The average molecular weight is 267 g/mol. The summed E-state index contributed by atoms with van der Waals surface area (Å²) in [6.07, 6.45) is 1.72. The van der Waals surface area contributed by atoms with Gasteiger partial charge in [-0.15, -0.1) is 11.3 Å². The molecule has 1 aromatic carbocycles. The second kappa shape index (κ2) is 5.29. The third-order valence-corrected chi connectivity index (χ3v) is 3.33. The maximum Gasteiger partial charge on any atom is 0.251 e. The van der Waals surface area contributed by atoms with E-state index in [2.05, 4.69) is 10.3 Å². The fraction of sp³-hybridized carbons (Fsp3) is 0.167. The summed E-state index contributed by atoms with van der Waals surface area (Å²) in [7, 11) is 0. The molecule has 0 atom stereocenters. The summed E-state index contributed by atoms with van der Waals surface area (Å²) in [5.74, 6) is -0.102. The van der Waals surface area contributed by atoms with E-state index in [9.17, 15) is 4.79 Å². The minimum Gasteiger partial charge on any atom is -0.346 e. The summed E-state index contributed by atoms with van der Waals surface area (Å²) < 4.78 is 0. The van der Waals surface area contributed by atoms with E-state index in [0.717, 1.165) is 10.6 Å². The van der Waals surface area contributed by atoms with E-state index >= 15 is 0 Å². The van der Waals surface area contributed by atoms with Crippen LogP contribution in [0.15, 0.2) is 29.8 Å². The highest BCUT2D eigenvalue weighted by Crippen LogP contribution is 2.15. The molecule has 1 amide bonds. The van der Waals surface area contributed by atoms with Crippen LogP contribution in [0.25, 0.3) is 0 Å². The Kier molecular flexibility index (Phi) is 3.76. The van der Waals surface area contributed by atoms with Gasteiger partial charge in [0.1, 0.15) is 5.01 Å². The number of amides is 1. The first-order valence-electron chi connectivity index (χ1n) is 5.09. The highest BCUT2D eigenvalue weighted by molar-refractivity contribution is 7.09. The van der Waals surface area contributed by atoms with Crippen molar-refractivity contribution in [3.05, 3.63) is 50.9 Å². The van der Waals surface area contributed by atoms with Crippen LogP contribution in [0.3, 0.4) is 0 Å². The number of rotatable bonds is 3. The quantitative estimate of drug-likeness (QED) is 0.928. The maximum atomic E-state index is 11.9. The topological polar surface area (TPSA) is 42.0 Å². The van der Waals surface area contributed by atoms with Crippen molar-refractivity contribution in [3.8, 4) is 0 Å². The predicted molar refractivity (Wildman–Crippen MR) is 69.5 cm³/mol. The van der Waals surface area contributed by atoms with Crippen LogP contribution < -0.4 is 5.32 Å². The van der Waals surface area contributed by atoms with Crippen LogP contribution in [-0.2, 0) is 6.54 Å². The van der Waals surface area contributed by atoms with Crippen LogP contribution in [-0.4, -0.2) is 10.9 Å². The van der Waals surface area contributed by atoms with E-state index in [1.807, 2.05) is 12.3 Å². The molecular formula is C12H11ClN2OS. The van der Waals surface area contributed by atoms with Gasteiger partial charge in [0, 0.05) is 22.2 Å². The van der Waals surface area contributed by atoms with E-state index < -0.39 is 0 Å². The lowest BCUT2D eigenvalue weighted by Gasteiger charge is -2.06. The average Bonchev–Trinajstić information content (AvgIpc) is 2.78. The number of hydrogen-bond acceptors (Lipinski definition) is 3. The van der Waals surface area contributed by atoms with Gasteiger partial charge in [-0.05, 0) is 30.7 Å². The molecule has 0 spiro atoms. The van der Waals surface area contributed by atoms with Gasteiger partial charge in [-0.2, -0.15) is 0 Å². The molecule has 0 saturated heterocycles. The molecule has 0 aliphatic rings. The number of carbonyl (C=O) groups is 1. The number of thiazole rings is 1. The Bertz CT molecular complexity index is 525. The molecule has 0 radical (unpaired) electrons. The number of aromatic nitrogens is 1. The Labute approximate surface area is 108 Å². The molecule has 1 heterocycles. The van der Waals surface area contributed by atoms with Gasteiger partial charge in [-0.25, -0.2) is 4.98 Å². The van der Waals surface area contributed by atoms with Crippen molar-refractivity contribution in [1.82, 2.24) is 10.3 Å². The fourth-order valence-electron chi connectivity index (χ4n) is 1.47. The summed E-state index contributed by atoms with van der Waals surface area (Å²) in [5, 5.41) is 6.24. The lowest BCUT2D eigenvalue weighted by Crippen LogP contribution is -2.23. The SMILES string of the molecule is Cc1cc(Cl)ccc1C(=O)NCc1nccs1. The van der Waals surface area contributed by atoms with E-state index in [1.54, 1.807) is 24.4 Å². The molecule has 2 aromatic rings. The van der Waals surface area contributed by atoms with Gasteiger partial charge in [0.2, 0.25) is 0 Å². The number of benzene rings is 1. The zero-order valence-electron chi connectivity index (χ0n) is 9.24. The van der Waals surface area contributed by atoms with E-state index in [4.69, 9.17) is 11.6 Å². The molecular weight excluding hydrogens is 256 g/mol. The molecule has 88 valence electrons. The van der Waals surface area contributed by atoms with Crippen LogP contribution >= 0.6 is 22.9 Å². The number of nitrogens with one attached hydrogen (secondary N) is 1. The van der Waals surface area contributed by atoms with Crippen LogP contribution in [0.1, 0.15) is 20.9 Å². The highest BCUT2D eigenvalue weighted by atomic mass is 35.5. The molecule has 3 nitrogen and oxygen atoms in total. The van der Waals surface area contributed by atoms with Gasteiger partial charge >= 0.3 is 0 Å². The number of halogens is 1. The number of aryl methyl sites for hydroxylation is 1. The molecule has 1 N–H and O–H groups in total. The number of nitrogens with zero attached hydrogens (tertiary/aromatic N) is 1. The summed E-state index contributed by atoms with van der Waals surface area (Å²) in [5.41, 5.74) is 1.51. The molecule has 0 bridgehead atoms. The van der Waals surface area contributed by atoms with Gasteiger partial charge in [0.15, 0.2) is 0 Å². The van der Waals surface area contributed by atoms with Crippen molar-refractivity contribution in [2.75, 3.05) is 0 Å². The van der Waals surface area contributed by atoms with Gasteiger partial charge in [-0.3, -0.25) is 4.79 Å². The monoisotopic (exact) mass is 266 g/mol. The van der Waals surface area contributed by atoms with Crippen molar-refractivity contribution < 1.29 is 4.79 Å². The molecule has 0 fully saturated rings. The Morgan fingerprint density at radius 2 is 2.35 bits per heavy atom.